The van der Waals surface area contributed by atoms with Crippen LogP contribution in [0.15, 0.2) is 11.7 Å². The van der Waals surface area contributed by atoms with E-state index in [-0.39, 0.29) is 13.2 Å². The van der Waals surface area contributed by atoms with Crippen molar-refractivity contribution in [2.75, 3.05) is 24.6 Å². The van der Waals surface area contributed by atoms with Gasteiger partial charge in [-0.05, 0) is 17.9 Å². The molecule has 0 amide bonds. The van der Waals surface area contributed by atoms with Crippen molar-refractivity contribution in [2.45, 2.75) is 13.3 Å². The lowest BCUT2D eigenvalue weighted by atomic mass is 10.3. The summed E-state index contributed by atoms with van der Waals surface area (Å²) >= 11 is 1.43. The summed E-state index contributed by atoms with van der Waals surface area (Å²) in [7, 11) is 0. The third-order valence-electron chi connectivity index (χ3n) is 2.54. The fourth-order valence-electron chi connectivity index (χ4n) is 1.75. The first kappa shape index (κ1) is 13.1. The highest BCUT2D eigenvalue weighted by Gasteiger charge is 2.18. The highest BCUT2D eigenvalue weighted by molar-refractivity contribution is 7.18. The normalized spacial score (nSPS) is 11.4. The van der Waals surface area contributed by atoms with E-state index in [0.29, 0.717) is 5.82 Å². The second kappa shape index (κ2) is 5.53. The Bertz CT molecular complexity index is 532. The monoisotopic (exact) mass is 273 g/mol. The first-order valence-corrected chi connectivity index (χ1v) is 6.34. The van der Waals surface area contributed by atoms with Crippen LogP contribution in [-0.2, 0) is 0 Å². The number of aliphatic hydroxyl groups excluding tert-OH is 1. The molecular weight excluding hydrogens is 260 g/mol. The first-order chi connectivity index (χ1) is 8.63. The minimum absolute atomic E-state index is 0.132. The van der Waals surface area contributed by atoms with Crippen molar-refractivity contribution in [3.8, 4) is 0 Å². The Balaban J connectivity index is 2.43. The van der Waals surface area contributed by atoms with Crippen molar-refractivity contribution in [1.29, 1.82) is 0 Å². The summed E-state index contributed by atoms with van der Waals surface area (Å²) < 4.78 is 25.9. The van der Waals surface area contributed by atoms with Crippen molar-refractivity contribution in [2.24, 2.45) is 0 Å². The fraction of sp³-hybridized carbons (Fsp3) is 0.455. The molecule has 0 unspecified atom stereocenters. The number of anilines is 1. The van der Waals surface area contributed by atoms with Crippen molar-refractivity contribution in [1.82, 2.24) is 9.97 Å². The number of hydrogen-bond donors (Lipinski definition) is 1. The summed E-state index contributed by atoms with van der Waals surface area (Å²) in [4.78, 5) is 9.61. The number of aliphatic hydroxyl groups is 1. The number of hydrogen-bond acceptors (Lipinski definition) is 5. The van der Waals surface area contributed by atoms with Crippen molar-refractivity contribution in [3.05, 3.63) is 17.3 Å². The van der Waals surface area contributed by atoms with Gasteiger partial charge in [0.2, 0.25) is 0 Å². The van der Waals surface area contributed by atoms with Gasteiger partial charge in [-0.1, -0.05) is 0 Å². The number of thiophene rings is 1. The standard InChI is InChI=1S/C11H13F2N3OS/c1-7-5-18-10-9(7)14-6-15-11(10)16(2-3-17)4-8(12)13/h5-6,8,17H,2-4H2,1H3. The summed E-state index contributed by atoms with van der Waals surface area (Å²) in [6, 6.07) is 0. The minimum atomic E-state index is -2.47. The summed E-state index contributed by atoms with van der Waals surface area (Å²) in [6.07, 6.45) is -1.10. The van der Waals surface area contributed by atoms with Crippen LogP contribution in [0.1, 0.15) is 5.56 Å². The molecule has 18 heavy (non-hydrogen) atoms. The van der Waals surface area contributed by atoms with Gasteiger partial charge in [0.25, 0.3) is 6.43 Å². The summed E-state index contributed by atoms with van der Waals surface area (Å²) in [5.74, 6) is 0.465. The Hall–Kier alpha value is -1.34. The molecule has 98 valence electrons. The molecule has 0 saturated heterocycles. The van der Waals surface area contributed by atoms with E-state index in [1.54, 1.807) is 0 Å². The van der Waals surface area contributed by atoms with Crippen LogP contribution in [0.25, 0.3) is 10.2 Å². The second-order valence-electron chi connectivity index (χ2n) is 3.85. The van der Waals surface area contributed by atoms with E-state index in [9.17, 15) is 8.78 Å². The van der Waals surface area contributed by atoms with Gasteiger partial charge in [0.15, 0.2) is 0 Å². The second-order valence-corrected chi connectivity index (χ2v) is 4.73. The molecule has 0 aliphatic heterocycles. The number of nitrogens with zero attached hydrogens (tertiary/aromatic N) is 3. The summed E-state index contributed by atoms with van der Waals surface area (Å²) in [5.41, 5.74) is 1.78. The molecule has 2 heterocycles. The Morgan fingerprint density at radius 1 is 1.44 bits per heavy atom. The predicted molar refractivity (Wildman–Crippen MR) is 67.5 cm³/mol. The molecule has 2 aromatic rings. The summed E-state index contributed by atoms with van der Waals surface area (Å²) in [5, 5.41) is 10.9. The van der Waals surface area contributed by atoms with Crippen LogP contribution in [0.3, 0.4) is 0 Å². The van der Waals surface area contributed by atoms with Crippen molar-refractivity contribution >= 4 is 27.4 Å². The maximum absolute atomic E-state index is 12.5. The number of halogens is 2. The van der Waals surface area contributed by atoms with E-state index >= 15 is 0 Å². The lowest BCUT2D eigenvalue weighted by molar-refractivity contribution is 0.152. The number of fused-ring (bicyclic) bond motifs is 1. The Kier molecular flexibility index (Phi) is 4.03. The van der Waals surface area contributed by atoms with Crippen LogP contribution >= 0.6 is 11.3 Å². The van der Waals surface area contributed by atoms with Crippen molar-refractivity contribution < 1.29 is 13.9 Å². The van der Waals surface area contributed by atoms with Crippen LogP contribution < -0.4 is 4.90 Å². The van der Waals surface area contributed by atoms with Crippen LogP contribution in [0.5, 0.6) is 0 Å². The molecule has 0 aromatic carbocycles. The van der Waals surface area contributed by atoms with Crippen LogP contribution in [0.2, 0.25) is 0 Å². The van der Waals surface area contributed by atoms with E-state index in [0.717, 1.165) is 15.8 Å². The average Bonchev–Trinajstić information content (AvgIpc) is 2.70. The van der Waals surface area contributed by atoms with E-state index in [4.69, 9.17) is 5.11 Å². The molecule has 7 heteroatoms. The van der Waals surface area contributed by atoms with Gasteiger partial charge in [-0.15, -0.1) is 11.3 Å². The Morgan fingerprint density at radius 3 is 2.89 bits per heavy atom. The predicted octanol–water partition coefficient (Wildman–Crippen LogP) is 2.06. The van der Waals surface area contributed by atoms with Gasteiger partial charge in [-0.3, -0.25) is 0 Å². The fourth-order valence-corrected chi connectivity index (χ4v) is 2.77. The molecule has 0 aliphatic rings. The smallest absolute Gasteiger partial charge is 0.255 e. The molecular formula is C11H13F2N3OS. The van der Waals surface area contributed by atoms with E-state index in [1.165, 1.54) is 22.6 Å². The van der Waals surface area contributed by atoms with E-state index in [2.05, 4.69) is 9.97 Å². The SMILES string of the molecule is Cc1csc2c(N(CCO)CC(F)F)ncnc12. The molecule has 0 radical (unpaired) electrons. The van der Waals surface area contributed by atoms with Gasteiger partial charge in [-0.2, -0.15) is 0 Å². The average molecular weight is 273 g/mol. The van der Waals surface area contributed by atoms with Gasteiger partial charge in [0.05, 0.1) is 23.4 Å². The largest absolute Gasteiger partial charge is 0.395 e. The Morgan fingerprint density at radius 2 is 2.22 bits per heavy atom. The summed E-state index contributed by atoms with van der Waals surface area (Å²) in [6.45, 7) is 1.42. The minimum Gasteiger partial charge on any atom is -0.395 e. The molecule has 0 spiro atoms. The number of aromatic nitrogens is 2. The third-order valence-corrected chi connectivity index (χ3v) is 3.62. The van der Waals surface area contributed by atoms with Gasteiger partial charge in [0, 0.05) is 6.54 Å². The number of aryl methyl sites for hydroxylation is 1. The van der Waals surface area contributed by atoms with E-state index < -0.39 is 13.0 Å². The van der Waals surface area contributed by atoms with Crippen LogP contribution in [-0.4, -0.2) is 41.2 Å². The van der Waals surface area contributed by atoms with Crippen LogP contribution in [0, 0.1) is 6.92 Å². The van der Waals surface area contributed by atoms with E-state index in [1.807, 2.05) is 12.3 Å². The molecule has 0 atom stereocenters. The maximum Gasteiger partial charge on any atom is 0.255 e. The zero-order chi connectivity index (χ0) is 13.1. The molecule has 4 nitrogen and oxygen atoms in total. The lowest BCUT2D eigenvalue weighted by Gasteiger charge is -2.22. The number of rotatable bonds is 5. The highest BCUT2D eigenvalue weighted by atomic mass is 32.1. The highest BCUT2D eigenvalue weighted by Crippen LogP contribution is 2.30. The zero-order valence-corrected chi connectivity index (χ0v) is 10.6. The van der Waals surface area contributed by atoms with Gasteiger partial charge >= 0.3 is 0 Å². The molecule has 2 rings (SSSR count). The zero-order valence-electron chi connectivity index (χ0n) is 9.81. The van der Waals surface area contributed by atoms with Crippen molar-refractivity contribution in [3.63, 3.8) is 0 Å². The third kappa shape index (κ3) is 2.56. The van der Waals surface area contributed by atoms with Gasteiger partial charge in [-0.25, -0.2) is 18.7 Å². The lowest BCUT2D eigenvalue weighted by Crippen LogP contribution is -2.32. The van der Waals surface area contributed by atoms with Gasteiger partial charge in [0.1, 0.15) is 12.1 Å². The molecule has 0 bridgehead atoms. The van der Waals surface area contributed by atoms with Crippen LogP contribution in [0.4, 0.5) is 14.6 Å². The van der Waals surface area contributed by atoms with Gasteiger partial charge < -0.3 is 10.0 Å². The number of alkyl halides is 2. The maximum atomic E-state index is 12.5. The first-order valence-electron chi connectivity index (χ1n) is 5.46. The molecule has 0 aliphatic carbocycles. The quantitative estimate of drug-likeness (QED) is 0.906. The molecule has 2 aromatic heterocycles. The molecule has 0 fully saturated rings. The molecule has 1 N–H and O–H groups in total. The molecule has 0 saturated carbocycles. The topological polar surface area (TPSA) is 49.2 Å². The Labute approximate surface area is 107 Å².